The molecule has 0 aliphatic carbocycles. The topological polar surface area (TPSA) is 26.0 Å². The van der Waals surface area contributed by atoms with Crippen molar-refractivity contribution in [3.05, 3.63) is 35.9 Å². The first kappa shape index (κ1) is 8.14. The average molecular weight is 157 g/mol. The summed E-state index contributed by atoms with van der Waals surface area (Å²) in [5.41, 5.74) is 5.66. The van der Waals surface area contributed by atoms with Crippen LogP contribution in [0.5, 0.6) is 0 Å². The highest BCUT2D eigenvalue weighted by Crippen LogP contribution is 2.16. The van der Waals surface area contributed by atoms with Crippen molar-refractivity contribution >= 4 is 0 Å². The van der Waals surface area contributed by atoms with Crippen LogP contribution in [0, 0.1) is 0 Å². The largest absolute Gasteiger partial charge is 0.319 e. The first-order valence-corrected chi connectivity index (χ1v) is 3.30. The maximum absolute atomic E-state index is 12.0. The van der Waals surface area contributed by atoms with Gasteiger partial charge >= 0.3 is 0 Å². The van der Waals surface area contributed by atoms with Gasteiger partial charge in [0, 0.05) is 0 Å². The zero-order valence-electron chi connectivity index (χ0n) is 5.87. The predicted molar refractivity (Wildman–Crippen MR) is 39.4 cm³/mol. The van der Waals surface area contributed by atoms with Crippen LogP contribution in [0.1, 0.15) is 11.6 Å². The Morgan fingerprint density at radius 3 is 2.09 bits per heavy atom. The van der Waals surface area contributed by atoms with Gasteiger partial charge in [-0.3, -0.25) is 0 Å². The second-order valence-electron chi connectivity index (χ2n) is 2.27. The molecule has 0 aromatic heterocycles. The van der Waals surface area contributed by atoms with Crippen LogP contribution in [0.3, 0.4) is 0 Å². The maximum Gasteiger partial charge on any atom is 0.257 e. The molecule has 1 rings (SSSR count). The zero-order chi connectivity index (χ0) is 8.27. The quantitative estimate of drug-likeness (QED) is 0.697. The van der Waals surface area contributed by atoms with Crippen LogP contribution < -0.4 is 5.73 Å². The summed E-state index contributed by atoms with van der Waals surface area (Å²) >= 11 is 0. The minimum atomic E-state index is -2.49. The molecule has 1 aromatic rings. The van der Waals surface area contributed by atoms with Gasteiger partial charge in [-0.1, -0.05) is 30.3 Å². The molecule has 11 heavy (non-hydrogen) atoms. The van der Waals surface area contributed by atoms with Crippen LogP contribution >= 0.6 is 0 Å². The fraction of sp³-hybridized carbons (Fsp3) is 0.250. The second-order valence-corrected chi connectivity index (χ2v) is 2.27. The summed E-state index contributed by atoms with van der Waals surface area (Å²) in [5.74, 6) is 0. The molecule has 0 saturated heterocycles. The highest BCUT2D eigenvalue weighted by atomic mass is 19.3. The van der Waals surface area contributed by atoms with E-state index < -0.39 is 12.5 Å². The Hall–Kier alpha value is -0.960. The van der Waals surface area contributed by atoms with Gasteiger partial charge in [0.2, 0.25) is 0 Å². The molecule has 60 valence electrons. The Morgan fingerprint density at radius 2 is 1.64 bits per heavy atom. The van der Waals surface area contributed by atoms with E-state index in [2.05, 4.69) is 0 Å². The summed E-state index contributed by atoms with van der Waals surface area (Å²) < 4.78 is 24.0. The third-order valence-corrected chi connectivity index (χ3v) is 1.46. The molecule has 0 aliphatic rings. The molecular weight excluding hydrogens is 148 g/mol. The lowest BCUT2D eigenvalue weighted by Gasteiger charge is -2.09. The fourth-order valence-electron chi connectivity index (χ4n) is 0.821. The van der Waals surface area contributed by atoms with E-state index >= 15 is 0 Å². The number of hydrogen-bond acceptors (Lipinski definition) is 1. The Labute approximate surface area is 63.8 Å². The zero-order valence-corrected chi connectivity index (χ0v) is 5.87. The van der Waals surface area contributed by atoms with Crippen LogP contribution in [0.15, 0.2) is 30.3 Å². The van der Waals surface area contributed by atoms with E-state index in [0.29, 0.717) is 5.56 Å². The lowest BCUT2D eigenvalue weighted by atomic mass is 10.1. The minimum absolute atomic E-state index is 0.475. The highest BCUT2D eigenvalue weighted by molar-refractivity contribution is 5.18. The number of alkyl halides is 2. The van der Waals surface area contributed by atoms with E-state index in [1.54, 1.807) is 30.3 Å². The third-order valence-electron chi connectivity index (χ3n) is 1.46. The van der Waals surface area contributed by atoms with Crippen LogP contribution in [0.2, 0.25) is 0 Å². The van der Waals surface area contributed by atoms with Crippen molar-refractivity contribution in [2.24, 2.45) is 5.73 Å². The van der Waals surface area contributed by atoms with Gasteiger partial charge in [-0.15, -0.1) is 0 Å². The van der Waals surface area contributed by atoms with Crippen molar-refractivity contribution in [2.75, 3.05) is 0 Å². The lowest BCUT2D eigenvalue weighted by Crippen LogP contribution is -2.18. The SMILES string of the molecule is N[C@H](c1ccccc1)C(F)F. The molecule has 0 bridgehead atoms. The van der Waals surface area contributed by atoms with Crippen molar-refractivity contribution in [1.29, 1.82) is 0 Å². The molecule has 0 radical (unpaired) electrons. The summed E-state index contributed by atoms with van der Waals surface area (Å²) in [4.78, 5) is 0. The van der Waals surface area contributed by atoms with E-state index in [4.69, 9.17) is 5.73 Å². The Kier molecular flexibility index (Phi) is 2.54. The molecule has 1 atom stereocenters. The van der Waals surface area contributed by atoms with Crippen molar-refractivity contribution in [3.63, 3.8) is 0 Å². The summed E-state index contributed by atoms with van der Waals surface area (Å²) in [6, 6.07) is 7.18. The minimum Gasteiger partial charge on any atom is -0.319 e. The summed E-state index contributed by atoms with van der Waals surface area (Å²) in [6.45, 7) is 0. The van der Waals surface area contributed by atoms with Gasteiger partial charge in [0.1, 0.15) is 0 Å². The Morgan fingerprint density at radius 1 is 1.09 bits per heavy atom. The van der Waals surface area contributed by atoms with E-state index in [0.717, 1.165) is 0 Å². The van der Waals surface area contributed by atoms with Crippen molar-refractivity contribution < 1.29 is 8.78 Å². The third kappa shape index (κ3) is 1.98. The molecule has 2 N–H and O–H groups in total. The molecule has 3 heteroatoms. The molecule has 0 unspecified atom stereocenters. The summed E-state index contributed by atoms with van der Waals surface area (Å²) in [5, 5.41) is 0. The summed E-state index contributed by atoms with van der Waals surface area (Å²) in [6.07, 6.45) is -2.49. The number of halogens is 2. The lowest BCUT2D eigenvalue weighted by molar-refractivity contribution is 0.116. The Balaban J connectivity index is 2.77. The van der Waals surface area contributed by atoms with Gasteiger partial charge in [0.15, 0.2) is 0 Å². The molecule has 1 aromatic carbocycles. The highest BCUT2D eigenvalue weighted by Gasteiger charge is 2.16. The van der Waals surface area contributed by atoms with Crippen LogP contribution in [0.25, 0.3) is 0 Å². The average Bonchev–Trinajstić information content (AvgIpc) is 2.05. The van der Waals surface area contributed by atoms with Gasteiger partial charge in [-0.2, -0.15) is 0 Å². The number of nitrogens with two attached hydrogens (primary N) is 1. The smallest absolute Gasteiger partial charge is 0.257 e. The van der Waals surface area contributed by atoms with Gasteiger partial charge in [0.25, 0.3) is 6.43 Å². The van der Waals surface area contributed by atoms with Gasteiger partial charge in [-0.25, -0.2) is 8.78 Å². The van der Waals surface area contributed by atoms with E-state index in [1.165, 1.54) is 0 Å². The second kappa shape index (κ2) is 3.44. The molecule has 0 aliphatic heterocycles. The van der Waals surface area contributed by atoms with Gasteiger partial charge in [-0.05, 0) is 5.56 Å². The maximum atomic E-state index is 12.0. The predicted octanol–water partition coefficient (Wildman–Crippen LogP) is 1.95. The first-order valence-electron chi connectivity index (χ1n) is 3.30. The molecule has 0 amide bonds. The van der Waals surface area contributed by atoms with E-state index in [-0.39, 0.29) is 0 Å². The number of benzene rings is 1. The Bertz CT molecular complexity index is 211. The molecule has 0 saturated carbocycles. The van der Waals surface area contributed by atoms with Gasteiger partial charge in [0.05, 0.1) is 6.04 Å². The molecular formula is C8H9F2N. The fourth-order valence-corrected chi connectivity index (χ4v) is 0.821. The van der Waals surface area contributed by atoms with Crippen molar-refractivity contribution in [1.82, 2.24) is 0 Å². The monoisotopic (exact) mass is 157 g/mol. The standard InChI is InChI=1S/C8H9F2N/c9-8(10)7(11)6-4-2-1-3-5-6/h1-5,7-8H,11H2/t7-/m1/s1. The van der Waals surface area contributed by atoms with Crippen LogP contribution in [0.4, 0.5) is 8.78 Å². The molecule has 1 nitrogen and oxygen atoms in total. The molecule has 0 spiro atoms. The van der Waals surface area contributed by atoms with E-state index in [9.17, 15) is 8.78 Å². The van der Waals surface area contributed by atoms with Crippen molar-refractivity contribution in [3.8, 4) is 0 Å². The normalized spacial score (nSPS) is 13.5. The first-order chi connectivity index (χ1) is 5.22. The molecule has 0 heterocycles. The van der Waals surface area contributed by atoms with Crippen LogP contribution in [-0.2, 0) is 0 Å². The van der Waals surface area contributed by atoms with Gasteiger partial charge < -0.3 is 5.73 Å². The summed E-state index contributed by atoms with van der Waals surface area (Å²) in [7, 11) is 0. The van der Waals surface area contributed by atoms with Crippen molar-refractivity contribution in [2.45, 2.75) is 12.5 Å². The number of rotatable bonds is 2. The molecule has 0 fully saturated rings. The number of hydrogen-bond donors (Lipinski definition) is 1. The van der Waals surface area contributed by atoms with Crippen LogP contribution in [-0.4, -0.2) is 6.43 Å². The van der Waals surface area contributed by atoms with E-state index in [1.807, 2.05) is 0 Å².